The molecule has 6 aromatic carbocycles. The smallest absolute Gasteiger partial charge is 0.0920 e. The molecule has 0 N–H and O–H groups in total. The van der Waals surface area contributed by atoms with Crippen LogP contribution < -0.4 is 10.4 Å². The molecule has 0 spiro atoms. The molecule has 2 radical (unpaired) electrons. The first-order valence-corrected chi connectivity index (χ1v) is 23.3. The molecule has 46 heavy (non-hydrogen) atoms. The second kappa shape index (κ2) is 16.0. The molecule has 0 nitrogen and oxygen atoms in total. The Kier molecular flexibility index (Phi) is 12.1. The third-order valence-corrected chi connectivity index (χ3v) is 9.95. The van der Waals surface area contributed by atoms with Crippen molar-refractivity contribution in [2.75, 3.05) is 0 Å². The van der Waals surface area contributed by atoms with Crippen LogP contribution in [-0.4, -0.2) is 9.52 Å². The summed E-state index contributed by atoms with van der Waals surface area (Å²) in [5.74, 6) is 1.51. The Balaban J connectivity index is 0.000000214. The minimum atomic E-state index is -0.826. The van der Waals surface area contributed by atoms with Crippen LogP contribution in [0.5, 0.6) is 0 Å². The maximum atomic E-state index is 4.93. The fourth-order valence-corrected chi connectivity index (χ4v) is 7.42. The topological polar surface area (TPSA) is 0 Å². The molecule has 0 unspecified atom stereocenters. The number of halogens is 2. The Morgan fingerprint density at radius 3 is 1.93 bits per heavy atom. The van der Waals surface area contributed by atoms with Crippen molar-refractivity contribution in [3.63, 3.8) is 0 Å². The van der Waals surface area contributed by atoms with Gasteiger partial charge in [-0.3, -0.25) is 0 Å². The minimum Gasteiger partial charge on any atom is -0.184 e. The van der Waals surface area contributed by atoms with Gasteiger partial charge in [0.1, 0.15) is 0 Å². The fourth-order valence-electron chi connectivity index (χ4n) is 6.11. The molecule has 1 aliphatic rings. The van der Waals surface area contributed by atoms with E-state index in [0.717, 1.165) is 9.52 Å². The minimum absolute atomic E-state index is 0.477. The summed E-state index contributed by atoms with van der Waals surface area (Å²) in [6.07, 6.45) is 0. The Hall–Kier alpha value is -2.61. The van der Waals surface area contributed by atoms with Gasteiger partial charge in [-0.2, -0.15) is 29.5 Å². The summed E-state index contributed by atoms with van der Waals surface area (Å²) in [4.78, 5) is 0. The van der Waals surface area contributed by atoms with Crippen LogP contribution in [0.4, 0.5) is 0 Å². The molecule has 0 aliphatic carbocycles. The van der Waals surface area contributed by atoms with Crippen LogP contribution in [0, 0.1) is 6.07 Å². The van der Waals surface area contributed by atoms with E-state index in [9.17, 15) is 0 Å². The van der Waals surface area contributed by atoms with Crippen molar-refractivity contribution >= 4 is 47.7 Å². The normalized spacial score (nSPS) is 11.5. The van der Waals surface area contributed by atoms with Crippen molar-refractivity contribution < 1.29 is 20.8 Å². The largest absolute Gasteiger partial charge is 0.184 e. The summed E-state index contributed by atoms with van der Waals surface area (Å²) in [6.45, 7) is 13.8. The van der Waals surface area contributed by atoms with Crippen molar-refractivity contribution in [3.05, 3.63) is 138 Å². The Morgan fingerprint density at radius 2 is 1.28 bits per heavy atom. The molecule has 0 aromatic heterocycles. The van der Waals surface area contributed by atoms with E-state index in [4.69, 9.17) is 17.0 Å². The summed E-state index contributed by atoms with van der Waals surface area (Å²) < 4.78 is 0. The van der Waals surface area contributed by atoms with E-state index in [0.29, 0.717) is 17.8 Å². The third-order valence-electron chi connectivity index (χ3n) is 8.58. The van der Waals surface area contributed by atoms with Crippen LogP contribution in [0.25, 0.3) is 44.2 Å². The molecule has 0 fully saturated rings. The zero-order chi connectivity index (χ0) is 32.8. The van der Waals surface area contributed by atoms with Crippen molar-refractivity contribution in [2.45, 2.75) is 59.3 Å². The van der Waals surface area contributed by atoms with Gasteiger partial charge >= 0.3 is 37.9 Å². The summed E-state index contributed by atoms with van der Waals surface area (Å²) in [7, 11) is 10.7. The van der Waals surface area contributed by atoms with Gasteiger partial charge in [0.25, 0.3) is 0 Å². The summed E-state index contributed by atoms with van der Waals surface area (Å²) in [5.41, 5.74) is 12.4. The predicted molar refractivity (Wildman–Crippen MR) is 200 cm³/mol. The second-order valence-electron chi connectivity index (χ2n) is 12.7. The molecule has 0 amide bonds. The summed E-state index contributed by atoms with van der Waals surface area (Å²) in [5, 5.41) is 5.52. The number of benzene rings is 5. The zero-order valence-electron chi connectivity index (χ0n) is 27.5. The van der Waals surface area contributed by atoms with Gasteiger partial charge in [-0.1, -0.05) is 142 Å². The number of rotatable bonds is 5. The van der Waals surface area contributed by atoms with Crippen molar-refractivity contribution in [3.8, 4) is 33.4 Å². The quantitative estimate of drug-likeness (QED) is 0.122. The molecular weight excluding hydrogens is 695 g/mol. The van der Waals surface area contributed by atoms with Gasteiger partial charge in [0.05, 0.1) is 9.52 Å². The number of hydrogen-bond acceptors (Lipinski definition) is 0. The fraction of sp³-hybridized carbons (Fsp3) is 0.214. The predicted octanol–water partition coefficient (Wildman–Crippen LogP) is 11.8. The monoisotopic (exact) mass is 732 g/mol. The van der Waals surface area contributed by atoms with Gasteiger partial charge in [0, 0.05) is 0 Å². The molecule has 230 valence electrons. The molecule has 0 atom stereocenters. The summed E-state index contributed by atoms with van der Waals surface area (Å²) in [6, 6.07) is 45.5. The van der Waals surface area contributed by atoms with Crippen molar-refractivity contribution in [1.29, 1.82) is 0 Å². The molecule has 0 saturated carbocycles. The van der Waals surface area contributed by atoms with Crippen LogP contribution in [-0.2, 0) is 20.8 Å². The zero-order valence-corrected chi connectivity index (χ0v) is 32.4. The first kappa shape index (κ1) is 34.7. The molecule has 1 aliphatic heterocycles. The number of hydrogen-bond donors (Lipinski definition) is 0. The van der Waals surface area contributed by atoms with E-state index in [-0.39, 0.29) is 0 Å². The average molecular weight is 735 g/mol. The van der Waals surface area contributed by atoms with Gasteiger partial charge in [-0.25, -0.2) is 0 Å². The van der Waals surface area contributed by atoms with Crippen LogP contribution in [0.15, 0.2) is 115 Å². The van der Waals surface area contributed by atoms with Gasteiger partial charge in [0.15, 0.2) is 0 Å². The van der Waals surface area contributed by atoms with Gasteiger partial charge < -0.3 is 0 Å². The SMILES string of the molecule is CC(C)c1cc(-c2c(C(C)C)ccc3[cH-]c(-c4ccccc4)cc23)cc(C(C)C)c1.[Cl][Zr+2][Cl].[c-]1cccc2c1[Si]c1ccccc1-2. The molecule has 4 heteroatoms. The Labute approximate surface area is 297 Å². The van der Waals surface area contributed by atoms with E-state index in [1.54, 1.807) is 0 Å². The van der Waals surface area contributed by atoms with Gasteiger partial charge in [0.2, 0.25) is 0 Å². The average Bonchev–Trinajstić information content (AvgIpc) is 3.67. The summed E-state index contributed by atoms with van der Waals surface area (Å²) >= 11 is -0.826. The Bertz CT molecular complexity index is 1830. The molecule has 0 saturated heterocycles. The van der Waals surface area contributed by atoms with Gasteiger partial charge in [-0.05, 0) is 40.0 Å². The number of fused-ring (bicyclic) bond motifs is 4. The molecular formula is C42H40Cl2SiZr. The standard InChI is InChI=1S/C30H33.C12H7Si.2ClH.Zr/c1-19(2)24-15-25(20(3)4)17-27(16-24)30-28(21(5)6)13-12-23-14-26(18-29(23)30)22-10-8-7-9-11-22;1-3-7-11-9(5-1)10-6-2-4-8-12(10)13-11;;;/h7-21H,1-6H3;1-7H;2*1H;/q2*-1;;;+4/p-2. The van der Waals surface area contributed by atoms with E-state index in [2.05, 4.69) is 157 Å². The first-order chi connectivity index (χ1) is 22.2. The third kappa shape index (κ3) is 7.91. The van der Waals surface area contributed by atoms with Crippen molar-refractivity contribution in [2.24, 2.45) is 0 Å². The maximum absolute atomic E-state index is 4.93. The molecule has 7 rings (SSSR count). The van der Waals surface area contributed by atoms with E-state index < -0.39 is 20.8 Å². The van der Waals surface area contributed by atoms with Crippen LogP contribution >= 0.6 is 17.0 Å². The van der Waals surface area contributed by atoms with Crippen LogP contribution in [0.1, 0.15) is 76.0 Å². The van der Waals surface area contributed by atoms with Crippen molar-refractivity contribution in [1.82, 2.24) is 0 Å². The maximum Gasteiger partial charge on any atom is 0.0920 e. The molecule has 6 aromatic rings. The molecule has 1 heterocycles. The molecule has 0 bridgehead atoms. The Morgan fingerprint density at radius 1 is 0.652 bits per heavy atom. The first-order valence-electron chi connectivity index (χ1n) is 16.0. The second-order valence-corrected chi connectivity index (χ2v) is 17.7. The van der Waals surface area contributed by atoms with E-state index in [1.807, 2.05) is 6.07 Å². The van der Waals surface area contributed by atoms with E-state index in [1.165, 1.54) is 71.2 Å². The van der Waals surface area contributed by atoms with Crippen LogP contribution in [0.2, 0.25) is 0 Å². The van der Waals surface area contributed by atoms with Crippen LogP contribution in [0.3, 0.4) is 0 Å². The van der Waals surface area contributed by atoms with E-state index >= 15 is 0 Å². The van der Waals surface area contributed by atoms with Gasteiger partial charge in [-0.15, -0.1) is 40.1 Å².